The fourth-order valence-electron chi connectivity index (χ4n) is 5.53. The van der Waals surface area contributed by atoms with Crippen LogP contribution in [0.4, 0.5) is 0 Å². The second kappa shape index (κ2) is 6.30. The Bertz CT molecular complexity index is 925. The molecule has 0 radical (unpaired) electrons. The third-order valence-electron chi connectivity index (χ3n) is 6.84. The van der Waals surface area contributed by atoms with Crippen LogP contribution in [0.25, 0.3) is 10.9 Å². The van der Waals surface area contributed by atoms with Crippen LogP contribution in [0.1, 0.15) is 32.1 Å². The molecule has 3 unspecified atom stereocenters. The van der Waals surface area contributed by atoms with E-state index in [4.69, 9.17) is 0 Å². The Morgan fingerprint density at radius 1 is 1.29 bits per heavy atom. The quantitative estimate of drug-likeness (QED) is 0.870. The number of nitrogens with zero attached hydrogens (tertiary/aromatic N) is 4. The molecule has 3 atom stereocenters. The van der Waals surface area contributed by atoms with E-state index in [1.807, 2.05) is 29.4 Å². The summed E-state index contributed by atoms with van der Waals surface area (Å²) in [6.07, 6.45) is 8.97. The van der Waals surface area contributed by atoms with E-state index in [1.165, 1.54) is 0 Å². The van der Waals surface area contributed by atoms with Crippen molar-refractivity contribution in [2.75, 3.05) is 13.6 Å². The average molecular weight is 382 g/mol. The van der Waals surface area contributed by atoms with Gasteiger partial charge >= 0.3 is 0 Å². The van der Waals surface area contributed by atoms with Crippen molar-refractivity contribution in [3.8, 4) is 0 Å². The molecule has 0 aromatic carbocycles. The van der Waals surface area contributed by atoms with Gasteiger partial charge in [-0.05, 0) is 37.8 Å². The number of aromatic nitrogens is 2. The number of aliphatic hydroxyl groups is 1. The molecule has 3 aliphatic heterocycles. The number of rotatable bonds is 3. The van der Waals surface area contributed by atoms with E-state index in [0.29, 0.717) is 32.4 Å². The molecule has 28 heavy (non-hydrogen) atoms. The van der Waals surface area contributed by atoms with E-state index >= 15 is 0 Å². The van der Waals surface area contributed by atoms with Crippen LogP contribution in [0.3, 0.4) is 0 Å². The summed E-state index contributed by atoms with van der Waals surface area (Å²) in [5.41, 5.74) is 0.196. The summed E-state index contributed by atoms with van der Waals surface area (Å²) in [6.45, 7) is 1.03. The number of carbonyl (C=O) groups is 2. The highest BCUT2D eigenvalue weighted by molar-refractivity contribution is 5.89. The summed E-state index contributed by atoms with van der Waals surface area (Å²) in [7, 11) is 1.76. The molecule has 0 saturated carbocycles. The lowest BCUT2D eigenvalue weighted by atomic mass is 9.85. The van der Waals surface area contributed by atoms with Crippen LogP contribution in [-0.4, -0.2) is 67.5 Å². The Labute approximate surface area is 163 Å². The SMILES string of the molecule is CN1CC(C(=O)N2C3CCC2CC(O)(Cn2ccc4ccncc42)C3)CC1=O. The molecule has 7 nitrogen and oxygen atoms in total. The van der Waals surface area contributed by atoms with Gasteiger partial charge < -0.3 is 19.5 Å². The number of hydrogen-bond donors (Lipinski definition) is 1. The Balaban J connectivity index is 1.33. The first-order chi connectivity index (χ1) is 13.4. The summed E-state index contributed by atoms with van der Waals surface area (Å²) >= 11 is 0. The highest BCUT2D eigenvalue weighted by atomic mass is 16.3. The van der Waals surface area contributed by atoms with E-state index in [2.05, 4.69) is 9.55 Å². The van der Waals surface area contributed by atoms with Crippen LogP contribution in [-0.2, 0) is 16.1 Å². The van der Waals surface area contributed by atoms with Crippen LogP contribution >= 0.6 is 0 Å². The summed E-state index contributed by atoms with van der Waals surface area (Å²) < 4.78 is 2.07. The lowest BCUT2D eigenvalue weighted by Gasteiger charge is -2.44. The number of likely N-dealkylation sites (tertiary alicyclic amines) is 1. The van der Waals surface area contributed by atoms with Gasteiger partial charge in [-0.3, -0.25) is 14.6 Å². The van der Waals surface area contributed by atoms with Gasteiger partial charge in [0.15, 0.2) is 0 Å². The van der Waals surface area contributed by atoms with Gasteiger partial charge in [0, 0.05) is 49.9 Å². The zero-order valence-electron chi connectivity index (χ0n) is 16.1. The molecule has 5 heterocycles. The van der Waals surface area contributed by atoms with Gasteiger partial charge in [0.05, 0.1) is 29.8 Å². The maximum absolute atomic E-state index is 13.1. The van der Waals surface area contributed by atoms with E-state index in [9.17, 15) is 14.7 Å². The van der Waals surface area contributed by atoms with Crippen LogP contribution in [0.15, 0.2) is 30.7 Å². The molecule has 2 aromatic rings. The minimum atomic E-state index is -0.827. The van der Waals surface area contributed by atoms with E-state index in [0.717, 1.165) is 23.7 Å². The largest absolute Gasteiger partial charge is 0.388 e. The summed E-state index contributed by atoms with van der Waals surface area (Å²) in [5.74, 6) is -0.0820. The molecule has 0 aliphatic carbocycles. The second-order valence-electron chi connectivity index (χ2n) is 8.82. The Hall–Kier alpha value is -2.41. The van der Waals surface area contributed by atoms with E-state index < -0.39 is 5.60 Å². The molecular formula is C21H26N4O3. The molecule has 7 heteroatoms. The molecule has 2 bridgehead atoms. The molecule has 5 rings (SSSR count). The number of hydrogen-bond acceptors (Lipinski definition) is 4. The zero-order chi connectivity index (χ0) is 19.5. The fourth-order valence-corrected chi connectivity index (χ4v) is 5.53. The fraction of sp³-hybridized carbons (Fsp3) is 0.571. The van der Waals surface area contributed by atoms with Gasteiger partial charge in [0.2, 0.25) is 11.8 Å². The number of pyridine rings is 1. The van der Waals surface area contributed by atoms with Gasteiger partial charge in [0.25, 0.3) is 0 Å². The van der Waals surface area contributed by atoms with Crippen LogP contribution in [0.2, 0.25) is 0 Å². The molecule has 2 aromatic heterocycles. The highest BCUT2D eigenvalue weighted by Crippen LogP contribution is 2.43. The Morgan fingerprint density at radius 3 is 2.71 bits per heavy atom. The molecule has 3 saturated heterocycles. The van der Waals surface area contributed by atoms with Gasteiger partial charge in [-0.2, -0.15) is 0 Å². The molecule has 3 aliphatic rings. The van der Waals surface area contributed by atoms with Crippen molar-refractivity contribution in [3.63, 3.8) is 0 Å². The Morgan fingerprint density at radius 2 is 2.04 bits per heavy atom. The van der Waals surface area contributed by atoms with Crippen LogP contribution in [0.5, 0.6) is 0 Å². The van der Waals surface area contributed by atoms with Gasteiger partial charge in [0.1, 0.15) is 0 Å². The maximum atomic E-state index is 13.1. The molecule has 148 valence electrons. The predicted molar refractivity (Wildman–Crippen MR) is 103 cm³/mol. The number of amides is 2. The molecule has 3 fully saturated rings. The van der Waals surface area contributed by atoms with Crippen molar-refractivity contribution >= 4 is 22.7 Å². The topological polar surface area (TPSA) is 78.7 Å². The van der Waals surface area contributed by atoms with Crippen LogP contribution in [0, 0.1) is 5.92 Å². The first kappa shape index (κ1) is 17.7. The first-order valence-electron chi connectivity index (χ1n) is 10.1. The third kappa shape index (κ3) is 2.80. The summed E-state index contributed by atoms with van der Waals surface area (Å²) in [4.78, 5) is 32.8. The Kier molecular flexibility index (Phi) is 3.98. The van der Waals surface area contributed by atoms with Crippen molar-refractivity contribution < 1.29 is 14.7 Å². The monoisotopic (exact) mass is 382 g/mol. The van der Waals surface area contributed by atoms with E-state index in [-0.39, 0.29) is 29.8 Å². The van der Waals surface area contributed by atoms with Crippen molar-refractivity contribution in [2.45, 2.75) is 56.3 Å². The number of carbonyl (C=O) groups excluding carboxylic acids is 2. The first-order valence-corrected chi connectivity index (χ1v) is 10.1. The lowest BCUT2D eigenvalue weighted by molar-refractivity contribution is -0.146. The molecule has 1 N–H and O–H groups in total. The zero-order valence-corrected chi connectivity index (χ0v) is 16.1. The van der Waals surface area contributed by atoms with E-state index in [1.54, 1.807) is 18.1 Å². The van der Waals surface area contributed by atoms with Crippen molar-refractivity contribution in [1.82, 2.24) is 19.4 Å². The average Bonchev–Trinajstić information content (AvgIpc) is 3.30. The normalized spacial score (nSPS) is 32.5. The van der Waals surface area contributed by atoms with Crippen molar-refractivity contribution in [1.29, 1.82) is 0 Å². The summed E-state index contributed by atoms with van der Waals surface area (Å²) in [6, 6.07) is 4.15. The summed E-state index contributed by atoms with van der Waals surface area (Å²) in [5, 5.41) is 12.5. The van der Waals surface area contributed by atoms with Gasteiger partial charge in [-0.1, -0.05) is 0 Å². The van der Waals surface area contributed by atoms with Crippen LogP contribution < -0.4 is 0 Å². The lowest BCUT2D eigenvalue weighted by Crippen LogP contribution is -2.56. The number of piperidine rings is 1. The minimum absolute atomic E-state index is 0.0484. The number of fused-ring (bicyclic) bond motifs is 3. The standard InChI is InChI=1S/C21H26N4O3/c1-23-12-15(8-19(23)26)20(27)25-16-2-3-17(25)10-21(28,9-16)13-24-7-5-14-4-6-22-11-18(14)24/h4-7,11,15-17,28H,2-3,8-10,12-13H2,1H3. The van der Waals surface area contributed by atoms with Gasteiger partial charge in [-0.15, -0.1) is 0 Å². The third-order valence-corrected chi connectivity index (χ3v) is 6.84. The minimum Gasteiger partial charge on any atom is -0.388 e. The van der Waals surface area contributed by atoms with Gasteiger partial charge in [-0.25, -0.2) is 0 Å². The van der Waals surface area contributed by atoms with Crippen molar-refractivity contribution in [2.24, 2.45) is 5.92 Å². The maximum Gasteiger partial charge on any atom is 0.228 e. The second-order valence-corrected chi connectivity index (χ2v) is 8.82. The molecule has 2 amide bonds. The predicted octanol–water partition coefficient (Wildman–Crippen LogP) is 1.40. The molecular weight excluding hydrogens is 356 g/mol. The van der Waals surface area contributed by atoms with Crippen molar-refractivity contribution in [3.05, 3.63) is 30.7 Å². The smallest absolute Gasteiger partial charge is 0.228 e. The molecule has 0 spiro atoms. The highest BCUT2D eigenvalue weighted by Gasteiger charge is 2.51.